The van der Waals surface area contributed by atoms with Crippen LogP contribution in [0.1, 0.15) is 6.92 Å². The smallest absolute Gasteiger partial charge is 0.155 e. The lowest BCUT2D eigenvalue weighted by Gasteiger charge is -2.30. The minimum atomic E-state index is -1.61. The largest absolute Gasteiger partial charge is 0.347 e. The average Bonchev–Trinajstić information content (AvgIpc) is 2.24. The average molecular weight is 228 g/mol. The molecule has 0 spiro atoms. The lowest BCUT2D eigenvalue weighted by atomic mass is 10.4. The molecule has 0 unspecified atom stereocenters. The molecule has 1 heterocycles. The van der Waals surface area contributed by atoms with Crippen LogP contribution in [0.5, 0.6) is 0 Å². The number of rotatable bonds is 1. The van der Waals surface area contributed by atoms with E-state index in [9.17, 15) is 0 Å². The van der Waals surface area contributed by atoms with E-state index in [0.717, 1.165) is 0 Å². The molecule has 1 aliphatic heterocycles. The van der Waals surface area contributed by atoms with Gasteiger partial charge in [0.2, 0.25) is 0 Å². The van der Waals surface area contributed by atoms with E-state index in [0.29, 0.717) is 12.7 Å². The van der Waals surface area contributed by atoms with Crippen molar-refractivity contribution >= 4 is 23.1 Å². The van der Waals surface area contributed by atoms with Gasteiger partial charge in [-0.1, -0.05) is 42.1 Å². The van der Waals surface area contributed by atoms with E-state index >= 15 is 0 Å². The SMILES string of the molecule is CC1OCP(=S)(c2ccccc2)CO1. The molecule has 0 N–H and O–H groups in total. The van der Waals surface area contributed by atoms with E-state index < -0.39 is 6.04 Å². The molecular weight excluding hydrogens is 215 g/mol. The summed E-state index contributed by atoms with van der Waals surface area (Å²) in [6, 6.07) is 8.56. The number of hydrogen-bond acceptors (Lipinski definition) is 3. The second kappa shape index (κ2) is 4.11. The van der Waals surface area contributed by atoms with Crippen LogP contribution in [-0.4, -0.2) is 19.0 Å². The third-order valence-electron chi connectivity index (χ3n) is 2.26. The Morgan fingerprint density at radius 2 is 1.79 bits per heavy atom. The molecule has 14 heavy (non-hydrogen) atoms. The van der Waals surface area contributed by atoms with Crippen LogP contribution >= 0.6 is 6.04 Å². The van der Waals surface area contributed by atoms with Crippen molar-refractivity contribution in [2.45, 2.75) is 13.2 Å². The highest BCUT2D eigenvalue weighted by molar-refractivity contribution is 8.18. The second-order valence-corrected chi connectivity index (χ2v) is 8.29. The third kappa shape index (κ3) is 2.06. The van der Waals surface area contributed by atoms with Crippen LogP contribution < -0.4 is 5.30 Å². The summed E-state index contributed by atoms with van der Waals surface area (Å²) in [5.41, 5.74) is 0. The molecule has 1 aromatic rings. The molecule has 4 heteroatoms. The normalized spacial score (nSPS) is 32.8. The van der Waals surface area contributed by atoms with Crippen LogP contribution in [-0.2, 0) is 21.3 Å². The second-order valence-electron chi connectivity index (χ2n) is 3.38. The fourth-order valence-corrected chi connectivity index (χ4v) is 4.10. The highest BCUT2D eigenvalue weighted by Gasteiger charge is 2.26. The van der Waals surface area contributed by atoms with E-state index in [1.54, 1.807) is 0 Å². The Balaban J connectivity index is 2.22. The Labute approximate surface area is 89.2 Å². The predicted molar refractivity (Wildman–Crippen MR) is 61.7 cm³/mol. The van der Waals surface area contributed by atoms with Crippen molar-refractivity contribution in [3.63, 3.8) is 0 Å². The zero-order chi connectivity index (χ0) is 10.0. The molecule has 1 aliphatic rings. The highest BCUT2D eigenvalue weighted by atomic mass is 32.4. The molecule has 1 saturated heterocycles. The first kappa shape index (κ1) is 10.3. The van der Waals surface area contributed by atoms with Crippen LogP contribution in [0.15, 0.2) is 30.3 Å². The molecule has 0 aromatic heterocycles. The predicted octanol–water partition coefficient (Wildman–Crippen LogP) is 2.10. The molecule has 0 radical (unpaired) electrons. The van der Waals surface area contributed by atoms with Gasteiger partial charge >= 0.3 is 0 Å². The van der Waals surface area contributed by atoms with Crippen LogP contribution in [0.2, 0.25) is 0 Å². The standard InChI is InChI=1S/C10H13O2PS/c1-9-11-7-13(14,8-12-9)10-5-3-2-4-6-10/h2-6,9H,7-8H2,1H3. The monoisotopic (exact) mass is 228 g/mol. The molecule has 2 rings (SSSR count). The highest BCUT2D eigenvalue weighted by Crippen LogP contribution is 2.47. The summed E-state index contributed by atoms with van der Waals surface area (Å²) in [4.78, 5) is 0. The Kier molecular flexibility index (Phi) is 3.03. The van der Waals surface area contributed by atoms with Crippen molar-refractivity contribution in [2.24, 2.45) is 0 Å². The van der Waals surface area contributed by atoms with Gasteiger partial charge in [-0.25, -0.2) is 0 Å². The van der Waals surface area contributed by atoms with Gasteiger partial charge in [-0.05, 0) is 12.2 Å². The third-order valence-corrected chi connectivity index (χ3v) is 5.90. The van der Waals surface area contributed by atoms with Gasteiger partial charge in [-0.15, -0.1) is 0 Å². The summed E-state index contributed by atoms with van der Waals surface area (Å²) in [5, 5.41) is 1.21. The van der Waals surface area contributed by atoms with Gasteiger partial charge in [-0.3, -0.25) is 0 Å². The first-order chi connectivity index (χ1) is 6.71. The van der Waals surface area contributed by atoms with E-state index in [2.05, 4.69) is 12.1 Å². The van der Waals surface area contributed by atoms with Gasteiger partial charge in [0.1, 0.15) is 0 Å². The van der Waals surface area contributed by atoms with E-state index in [1.165, 1.54) is 5.30 Å². The maximum absolute atomic E-state index is 5.63. The van der Waals surface area contributed by atoms with Crippen LogP contribution in [0.4, 0.5) is 0 Å². The van der Waals surface area contributed by atoms with Crippen molar-refractivity contribution in [2.75, 3.05) is 12.7 Å². The van der Waals surface area contributed by atoms with E-state index in [4.69, 9.17) is 21.3 Å². The molecular formula is C10H13O2PS. The quantitative estimate of drug-likeness (QED) is 0.686. The van der Waals surface area contributed by atoms with Gasteiger partial charge in [-0.2, -0.15) is 0 Å². The van der Waals surface area contributed by atoms with E-state index in [1.807, 2.05) is 25.1 Å². The van der Waals surface area contributed by atoms with Crippen LogP contribution in [0.25, 0.3) is 0 Å². The molecule has 0 bridgehead atoms. The molecule has 2 nitrogen and oxygen atoms in total. The van der Waals surface area contributed by atoms with Crippen molar-refractivity contribution in [3.05, 3.63) is 30.3 Å². The van der Waals surface area contributed by atoms with Crippen LogP contribution in [0, 0.1) is 0 Å². The first-order valence-electron chi connectivity index (χ1n) is 4.58. The molecule has 76 valence electrons. The van der Waals surface area contributed by atoms with Gasteiger partial charge in [0, 0.05) is 6.04 Å². The lowest BCUT2D eigenvalue weighted by Crippen LogP contribution is -2.26. The molecule has 1 aromatic carbocycles. The van der Waals surface area contributed by atoms with Crippen molar-refractivity contribution < 1.29 is 9.47 Å². The number of ether oxygens (including phenoxy) is 2. The first-order valence-corrected chi connectivity index (χ1v) is 7.75. The minimum Gasteiger partial charge on any atom is -0.347 e. The molecule has 0 amide bonds. The summed E-state index contributed by atoms with van der Waals surface area (Å²) < 4.78 is 10.9. The van der Waals surface area contributed by atoms with Crippen molar-refractivity contribution in [1.29, 1.82) is 0 Å². The van der Waals surface area contributed by atoms with Gasteiger partial charge in [0.15, 0.2) is 6.29 Å². The maximum atomic E-state index is 5.63. The minimum absolute atomic E-state index is 0.102. The Morgan fingerprint density at radius 1 is 1.21 bits per heavy atom. The van der Waals surface area contributed by atoms with E-state index in [-0.39, 0.29) is 6.29 Å². The molecule has 1 fully saturated rings. The zero-order valence-electron chi connectivity index (χ0n) is 8.05. The van der Waals surface area contributed by atoms with Gasteiger partial charge < -0.3 is 9.47 Å². The van der Waals surface area contributed by atoms with Crippen LogP contribution in [0.3, 0.4) is 0 Å². The molecule has 0 atom stereocenters. The summed E-state index contributed by atoms with van der Waals surface area (Å²) in [7, 11) is 0. The summed E-state index contributed by atoms with van der Waals surface area (Å²) in [6.45, 7) is 1.91. The molecule has 0 saturated carbocycles. The Hall–Kier alpha value is -0.210. The van der Waals surface area contributed by atoms with Gasteiger partial charge in [0.05, 0.1) is 12.7 Å². The zero-order valence-corrected chi connectivity index (χ0v) is 9.76. The van der Waals surface area contributed by atoms with Gasteiger partial charge in [0.25, 0.3) is 0 Å². The number of hydrogen-bond donors (Lipinski definition) is 0. The number of benzene rings is 1. The topological polar surface area (TPSA) is 18.5 Å². The Morgan fingerprint density at radius 3 is 2.36 bits per heavy atom. The fraction of sp³-hybridized carbons (Fsp3) is 0.400. The summed E-state index contributed by atoms with van der Waals surface area (Å²) in [5.74, 6) is 0. The van der Waals surface area contributed by atoms with Crippen molar-refractivity contribution in [1.82, 2.24) is 0 Å². The Bertz CT molecular complexity index is 340. The lowest BCUT2D eigenvalue weighted by molar-refractivity contribution is -0.115. The summed E-state index contributed by atoms with van der Waals surface area (Å²) in [6.07, 6.45) is 1.22. The molecule has 0 aliphatic carbocycles. The maximum Gasteiger partial charge on any atom is 0.155 e. The fourth-order valence-electron chi connectivity index (χ4n) is 1.38. The summed E-state index contributed by atoms with van der Waals surface area (Å²) >= 11 is 5.63. The van der Waals surface area contributed by atoms with Crippen molar-refractivity contribution in [3.8, 4) is 0 Å².